The summed E-state index contributed by atoms with van der Waals surface area (Å²) in [6.45, 7) is 2.70. The number of nitrogens with zero attached hydrogens (tertiary/aromatic N) is 4. The second-order valence-corrected chi connectivity index (χ2v) is 23.5. The number of carbonyl (C=O) groups is 8. The van der Waals surface area contributed by atoms with E-state index in [0.29, 0.717) is 24.0 Å². The number of rotatable bonds is 25. The zero-order valence-electron chi connectivity index (χ0n) is 50.1. The Labute approximate surface area is 504 Å². The Morgan fingerprint density at radius 3 is 1.17 bits per heavy atom. The Balaban J connectivity index is 0.906. The van der Waals surface area contributed by atoms with Crippen molar-refractivity contribution in [1.82, 2.24) is 51.5 Å². The zero-order valence-corrected chi connectivity index (χ0v) is 50.1. The maximum absolute atomic E-state index is 16.3. The normalized spacial score (nSPS) is 20.4. The summed E-state index contributed by atoms with van der Waals surface area (Å²) in [6.07, 6.45) is 3.72. The van der Waals surface area contributed by atoms with Crippen LogP contribution < -0.4 is 31.9 Å². The van der Waals surface area contributed by atoms with Gasteiger partial charge in [0, 0.05) is 50.1 Å². The van der Waals surface area contributed by atoms with Crippen LogP contribution >= 0.6 is 0 Å². The minimum absolute atomic E-state index is 0.00490. The van der Waals surface area contributed by atoms with Crippen LogP contribution in [0, 0.1) is 11.8 Å². The van der Waals surface area contributed by atoms with Crippen LogP contribution in [0.5, 0.6) is 0 Å². The Morgan fingerprint density at radius 1 is 0.488 bits per heavy atom. The number of likely N-dealkylation sites (tertiary alicyclic amines) is 2. The molecule has 462 valence electrons. The van der Waals surface area contributed by atoms with Gasteiger partial charge >= 0.3 is 0 Å². The standard InChI is InChI=1S/C66H86F2N10O8/c1-43(69-3)59(81)73-57(49-21-13-7-14-22-49)65(85)77-39-35-53(67)63(77)75(37-33-45-17-9-5-10-18-45)55(79)41-71-61(83)51-29-25-47(26-30-51)48-27-31-52(32-28-48)62(84)72-42-56(80)76(38-34-46-19-11-6-12-20-46)64-54(68)36-40-78(64)66(86)58(50-23-15-8-16-24-50)74-60(82)44(2)70-4/h5-6,9-12,17-20,25-32,43-44,49-50,53-54,57-58,63-64,69-70H,7-8,13-16,21-24,33-42H2,1-4H3,(H,71,83)(H,72,84)(H,73,81)(H,74,82)/t43-,44-,53-,54-,57-,58-,63?,64?/m0/s1. The molecule has 2 aliphatic heterocycles. The van der Waals surface area contributed by atoms with Crippen molar-refractivity contribution in [2.75, 3.05) is 53.4 Å². The van der Waals surface area contributed by atoms with Gasteiger partial charge in [-0.1, -0.05) is 123 Å². The van der Waals surface area contributed by atoms with Gasteiger partial charge in [0.25, 0.3) is 11.8 Å². The Morgan fingerprint density at radius 2 is 0.837 bits per heavy atom. The average molecular weight is 1190 g/mol. The van der Waals surface area contributed by atoms with E-state index in [1.54, 1.807) is 76.5 Å². The first-order chi connectivity index (χ1) is 41.6. The lowest BCUT2D eigenvalue weighted by Crippen LogP contribution is -2.61. The number of benzene rings is 4. The molecule has 8 atom stereocenters. The third kappa shape index (κ3) is 16.5. The molecule has 4 aromatic carbocycles. The minimum Gasteiger partial charge on any atom is -0.343 e. The van der Waals surface area contributed by atoms with Crippen LogP contribution in [0.15, 0.2) is 109 Å². The van der Waals surface area contributed by atoms with Gasteiger partial charge in [0.1, 0.15) is 36.8 Å². The van der Waals surface area contributed by atoms with Crippen LogP contribution in [-0.2, 0) is 41.6 Å². The summed E-state index contributed by atoms with van der Waals surface area (Å²) in [4.78, 5) is 117. The molecular formula is C66H86F2N10O8. The summed E-state index contributed by atoms with van der Waals surface area (Å²) in [5.74, 6) is -4.06. The molecular weight excluding hydrogens is 1100 g/mol. The predicted molar refractivity (Wildman–Crippen MR) is 324 cm³/mol. The molecule has 86 heavy (non-hydrogen) atoms. The largest absolute Gasteiger partial charge is 0.343 e. The van der Waals surface area contributed by atoms with E-state index in [0.717, 1.165) is 75.3 Å². The molecule has 6 N–H and O–H groups in total. The molecule has 8 amide bonds. The number of hydrogen-bond donors (Lipinski definition) is 6. The zero-order chi connectivity index (χ0) is 61.3. The fraction of sp³-hybridized carbons (Fsp3) is 0.515. The first-order valence-electron chi connectivity index (χ1n) is 30.8. The van der Waals surface area contributed by atoms with Gasteiger partial charge in [-0.15, -0.1) is 0 Å². The van der Waals surface area contributed by atoms with E-state index in [4.69, 9.17) is 0 Å². The third-order valence-corrected chi connectivity index (χ3v) is 17.8. The van der Waals surface area contributed by atoms with Gasteiger partial charge < -0.3 is 51.5 Å². The van der Waals surface area contributed by atoms with E-state index >= 15 is 8.78 Å². The number of hydrogen-bond acceptors (Lipinski definition) is 10. The highest BCUT2D eigenvalue weighted by molar-refractivity contribution is 5.98. The van der Waals surface area contributed by atoms with E-state index < -0.39 is 97.4 Å². The van der Waals surface area contributed by atoms with Crippen LogP contribution in [0.3, 0.4) is 0 Å². The topological polar surface area (TPSA) is 222 Å². The van der Waals surface area contributed by atoms with Crippen molar-refractivity contribution in [2.45, 2.75) is 153 Å². The molecule has 18 nitrogen and oxygen atoms in total. The number of halogens is 2. The van der Waals surface area contributed by atoms with Crippen molar-refractivity contribution in [3.8, 4) is 11.1 Å². The SMILES string of the molecule is CN[C@@H](C)C(=O)N[C@H](C(=O)N1CC[C@H](F)C1N(CCc1ccccc1)C(=O)CNC(=O)c1ccc(-c2ccc(C(=O)NCC(=O)N(CCc3ccccc3)C3[C@@H](F)CCN3C(=O)[C@@H](NC(=O)[C@H](C)NC)C3CCCCC3)cc2)cc1)C1CCCCC1. The lowest BCUT2D eigenvalue weighted by atomic mass is 9.83. The van der Waals surface area contributed by atoms with Gasteiger partial charge in [-0.05, 0) is 125 Å². The van der Waals surface area contributed by atoms with Crippen LogP contribution in [0.25, 0.3) is 11.1 Å². The molecule has 20 heteroatoms. The van der Waals surface area contributed by atoms with Gasteiger partial charge in [0.2, 0.25) is 35.4 Å². The van der Waals surface area contributed by atoms with Crippen molar-refractivity contribution in [2.24, 2.45) is 11.8 Å². The van der Waals surface area contributed by atoms with Crippen molar-refractivity contribution in [3.63, 3.8) is 0 Å². The van der Waals surface area contributed by atoms with E-state index in [-0.39, 0.29) is 73.8 Å². The minimum atomic E-state index is -1.57. The third-order valence-electron chi connectivity index (χ3n) is 17.8. The summed E-state index contributed by atoms with van der Waals surface area (Å²) in [6, 6.07) is 29.2. The fourth-order valence-electron chi connectivity index (χ4n) is 12.5. The van der Waals surface area contributed by atoms with Gasteiger partial charge in [0.15, 0.2) is 0 Å². The maximum atomic E-state index is 16.3. The molecule has 4 aromatic rings. The summed E-state index contributed by atoms with van der Waals surface area (Å²) >= 11 is 0. The Hall–Kier alpha value is -7.58. The summed E-state index contributed by atoms with van der Waals surface area (Å²) in [7, 11) is 3.32. The van der Waals surface area contributed by atoms with Crippen molar-refractivity contribution in [3.05, 3.63) is 131 Å². The number of likely N-dealkylation sites (N-methyl/N-ethyl adjacent to an activating group) is 2. The highest BCUT2D eigenvalue weighted by atomic mass is 19.1. The number of nitrogens with one attached hydrogen (secondary N) is 6. The van der Waals surface area contributed by atoms with Gasteiger partial charge in [-0.25, -0.2) is 8.78 Å². The number of alkyl halides is 2. The van der Waals surface area contributed by atoms with Crippen LogP contribution in [0.2, 0.25) is 0 Å². The van der Waals surface area contributed by atoms with Crippen molar-refractivity contribution < 1.29 is 47.1 Å². The molecule has 2 saturated heterocycles. The summed E-state index contributed by atoms with van der Waals surface area (Å²) < 4.78 is 32.6. The van der Waals surface area contributed by atoms with Crippen LogP contribution in [0.4, 0.5) is 8.78 Å². The van der Waals surface area contributed by atoms with Crippen molar-refractivity contribution in [1.29, 1.82) is 0 Å². The van der Waals surface area contributed by atoms with E-state index in [2.05, 4.69) is 31.9 Å². The summed E-state index contributed by atoms with van der Waals surface area (Å²) in [5, 5.41) is 17.2. The van der Waals surface area contributed by atoms with Crippen LogP contribution in [-0.4, -0.2) is 169 Å². The predicted octanol–water partition coefficient (Wildman–Crippen LogP) is 6.09. The molecule has 0 radical (unpaired) electrons. The molecule has 4 aliphatic rings. The van der Waals surface area contributed by atoms with Crippen molar-refractivity contribution >= 4 is 47.3 Å². The van der Waals surface area contributed by atoms with Gasteiger partial charge in [-0.3, -0.25) is 38.4 Å². The fourth-order valence-corrected chi connectivity index (χ4v) is 12.5. The smallest absolute Gasteiger partial charge is 0.251 e. The second-order valence-electron chi connectivity index (χ2n) is 23.5. The van der Waals surface area contributed by atoms with E-state index in [9.17, 15) is 38.4 Å². The molecule has 0 bridgehead atoms. The van der Waals surface area contributed by atoms with Gasteiger partial charge in [-0.2, -0.15) is 0 Å². The molecule has 8 rings (SSSR count). The van der Waals surface area contributed by atoms with Gasteiger partial charge in [0.05, 0.1) is 25.2 Å². The van der Waals surface area contributed by atoms with Crippen LogP contribution in [0.1, 0.15) is 123 Å². The Bertz CT molecular complexity index is 2730. The molecule has 0 aromatic heterocycles. The highest BCUT2D eigenvalue weighted by Crippen LogP contribution is 2.34. The summed E-state index contributed by atoms with van der Waals surface area (Å²) in [5.41, 5.74) is 3.72. The average Bonchev–Trinajstić information content (AvgIpc) is 2.05. The monoisotopic (exact) mass is 1180 g/mol. The lowest BCUT2D eigenvalue weighted by Gasteiger charge is -2.39. The first kappa shape index (κ1) is 64.4. The second kappa shape index (κ2) is 31.2. The number of carbonyl (C=O) groups excluding carboxylic acids is 8. The molecule has 4 fully saturated rings. The highest BCUT2D eigenvalue weighted by Gasteiger charge is 2.48. The molecule has 2 heterocycles. The molecule has 2 unspecified atom stereocenters. The molecule has 2 saturated carbocycles. The quantitative estimate of drug-likeness (QED) is 0.0448. The maximum Gasteiger partial charge on any atom is 0.251 e. The molecule has 2 aliphatic carbocycles. The van der Waals surface area contributed by atoms with E-state index in [1.165, 1.54) is 19.6 Å². The number of amides is 8. The van der Waals surface area contributed by atoms with E-state index in [1.807, 2.05) is 60.7 Å². The Kier molecular flexibility index (Phi) is 23.4. The first-order valence-corrected chi connectivity index (χ1v) is 30.8. The molecule has 0 spiro atoms. The lowest BCUT2D eigenvalue weighted by molar-refractivity contribution is -0.150.